The van der Waals surface area contributed by atoms with Gasteiger partial charge in [0.2, 0.25) is 0 Å². The van der Waals surface area contributed by atoms with Gasteiger partial charge >= 0.3 is 0 Å². The van der Waals surface area contributed by atoms with Crippen molar-refractivity contribution in [3.05, 3.63) is 57.6 Å². The van der Waals surface area contributed by atoms with Crippen molar-refractivity contribution in [1.29, 1.82) is 0 Å². The Bertz CT molecular complexity index is 857. The molecule has 2 aromatic rings. The van der Waals surface area contributed by atoms with E-state index in [9.17, 15) is 0 Å². The van der Waals surface area contributed by atoms with Crippen molar-refractivity contribution < 1.29 is 4.74 Å². The zero-order chi connectivity index (χ0) is 20.5. The molecule has 2 aliphatic heterocycles. The Hall–Kier alpha value is -2.04. The lowest BCUT2D eigenvalue weighted by atomic mass is 9.89. The van der Waals surface area contributed by atoms with Crippen LogP contribution in [0.2, 0.25) is 0 Å². The van der Waals surface area contributed by atoms with E-state index >= 15 is 0 Å². The third-order valence-corrected chi connectivity index (χ3v) is 7.20. The number of fused-ring (bicyclic) bond motifs is 1. The summed E-state index contributed by atoms with van der Waals surface area (Å²) in [5.74, 6) is 0. The first-order valence-corrected chi connectivity index (χ1v) is 10.9. The topological polar surface area (TPSA) is 19.0 Å². The lowest BCUT2D eigenvalue weighted by molar-refractivity contribution is 0.0392. The summed E-state index contributed by atoms with van der Waals surface area (Å²) in [4.78, 5) is 7.62. The van der Waals surface area contributed by atoms with Gasteiger partial charge in [-0.3, -0.25) is 4.90 Å². The number of morpholine rings is 1. The molecule has 0 N–H and O–H groups in total. The van der Waals surface area contributed by atoms with Gasteiger partial charge < -0.3 is 14.5 Å². The molecule has 0 spiro atoms. The van der Waals surface area contributed by atoms with Crippen LogP contribution in [0.4, 0.5) is 11.4 Å². The normalized spacial score (nSPS) is 17.1. The van der Waals surface area contributed by atoms with Crippen LogP contribution in [0, 0.1) is 34.6 Å². The number of rotatable bonds is 5. The Labute approximate surface area is 176 Å². The molecule has 0 amide bonds. The van der Waals surface area contributed by atoms with Gasteiger partial charge in [0.05, 0.1) is 31.3 Å². The minimum atomic E-state index is 0.868. The maximum absolute atomic E-state index is 5.50. The molecule has 1 saturated heterocycles. The van der Waals surface area contributed by atoms with Crippen LogP contribution in [0.5, 0.6) is 0 Å². The molecule has 0 atom stereocenters. The van der Waals surface area contributed by atoms with Gasteiger partial charge in [0, 0.05) is 32.7 Å². The number of hydrogen-bond donors (Lipinski definition) is 0. The minimum absolute atomic E-state index is 0.868. The second-order valence-electron chi connectivity index (χ2n) is 8.65. The summed E-state index contributed by atoms with van der Waals surface area (Å²) < 4.78 is 5.50. The molecule has 2 aliphatic rings. The predicted molar refractivity (Wildman–Crippen MR) is 122 cm³/mol. The van der Waals surface area contributed by atoms with Gasteiger partial charge in [-0.2, -0.15) is 0 Å². The number of anilines is 2. The second kappa shape index (κ2) is 8.37. The second-order valence-corrected chi connectivity index (χ2v) is 8.65. The number of ether oxygens (including phenoxy) is 1. The van der Waals surface area contributed by atoms with Crippen LogP contribution in [-0.2, 0) is 11.3 Å². The van der Waals surface area contributed by atoms with Crippen LogP contribution < -0.4 is 9.80 Å². The van der Waals surface area contributed by atoms with E-state index in [0.29, 0.717) is 0 Å². The molecule has 1 fully saturated rings. The summed E-state index contributed by atoms with van der Waals surface area (Å²) in [7, 11) is 0. The Morgan fingerprint density at radius 3 is 1.90 bits per heavy atom. The number of para-hydroxylation sites is 2. The van der Waals surface area contributed by atoms with Crippen LogP contribution in [-0.4, -0.2) is 51.0 Å². The van der Waals surface area contributed by atoms with Gasteiger partial charge in [-0.1, -0.05) is 12.1 Å². The van der Waals surface area contributed by atoms with E-state index in [1.54, 1.807) is 0 Å². The van der Waals surface area contributed by atoms with Gasteiger partial charge in [-0.25, -0.2) is 0 Å². The van der Waals surface area contributed by atoms with Crippen molar-refractivity contribution in [3.8, 4) is 0 Å². The molecule has 4 nitrogen and oxygen atoms in total. The third kappa shape index (κ3) is 3.88. The monoisotopic (exact) mass is 393 g/mol. The number of nitrogens with zero attached hydrogens (tertiary/aromatic N) is 3. The first kappa shape index (κ1) is 20.2. The molecule has 0 aliphatic carbocycles. The van der Waals surface area contributed by atoms with Gasteiger partial charge in [0.1, 0.15) is 0 Å². The molecule has 0 radical (unpaired) electrons. The summed E-state index contributed by atoms with van der Waals surface area (Å²) in [6, 6.07) is 8.89. The summed E-state index contributed by atoms with van der Waals surface area (Å²) in [6.45, 7) is 19.3. The van der Waals surface area contributed by atoms with E-state index in [0.717, 1.165) is 52.6 Å². The molecule has 4 heteroatoms. The summed E-state index contributed by atoms with van der Waals surface area (Å²) in [5.41, 5.74) is 11.5. The maximum Gasteiger partial charge on any atom is 0.0908 e. The predicted octanol–water partition coefficient (Wildman–Crippen LogP) is 4.35. The van der Waals surface area contributed by atoms with Crippen molar-refractivity contribution in [2.45, 2.75) is 41.2 Å². The van der Waals surface area contributed by atoms with Crippen molar-refractivity contribution in [2.75, 3.05) is 55.9 Å². The molecule has 0 unspecified atom stereocenters. The molecular formula is C25H35N3O. The maximum atomic E-state index is 5.50. The highest BCUT2D eigenvalue weighted by molar-refractivity contribution is 5.76. The fourth-order valence-corrected chi connectivity index (χ4v) is 4.78. The average Bonchev–Trinajstić information content (AvgIpc) is 3.11. The van der Waals surface area contributed by atoms with E-state index in [-0.39, 0.29) is 0 Å². The number of benzene rings is 2. The Kier molecular flexibility index (Phi) is 5.84. The zero-order valence-corrected chi connectivity index (χ0v) is 18.7. The van der Waals surface area contributed by atoms with Crippen LogP contribution in [0.3, 0.4) is 0 Å². The Morgan fingerprint density at radius 1 is 0.724 bits per heavy atom. The van der Waals surface area contributed by atoms with Crippen LogP contribution in [0.1, 0.15) is 33.4 Å². The van der Waals surface area contributed by atoms with E-state index in [1.807, 2.05) is 0 Å². The average molecular weight is 394 g/mol. The van der Waals surface area contributed by atoms with Gasteiger partial charge in [0.25, 0.3) is 0 Å². The minimum Gasteiger partial charge on any atom is -0.379 e. The fourth-order valence-electron chi connectivity index (χ4n) is 4.78. The highest BCUT2D eigenvalue weighted by Crippen LogP contribution is 2.38. The molecule has 2 aromatic carbocycles. The van der Waals surface area contributed by atoms with Crippen molar-refractivity contribution in [1.82, 2.24) is 4.90 Å². The van der Waals surface area contributed by atoms with E-state index in [2.05, 4.69) is 73.6 Å². The number of hydrogen-bond acceptors (Lipinski definition) is 4. The third-order valence-electron chi connectivity index (χ3n) is 7.20. The first-order chi connectivity index (χ1) is 14.0. The van der Waals surface area contributed by atoms with Crippen LogP contribution in [0.25, 0.3) is 0 Å². The molecule has 2 heterocycles. The van der Waals surface area contributed by atoms with Crippen molar-refractivity contribution >= 4 is 11.4 Å². The van der Waals surface area contributed by atoms with E-state index in [1.165, 1.54) is 44.8 Å². The molecule has 0 aromatic heterocycles. The lowest BCUT2D eigenvalue weighted by Gasteiger charge is -2.30. The molecule has 4 rings (SSSR count). The largest absolute Gasteiger partial charge is 0.379 e. The molecule has 0 bridgehead atoms. The lowest BCUT2D eigenvalue weighted by Crippen LogP contribution is -2.42. The SMILES string of the molecule is Cc1c(C)c(C)c(CN2CN(CCN3CCOCC3)c3ccccc32)c(C)c1C. The van der Waals surface area contributed by atoms with Gasteiger partial charge in [-0.15, -0.1) is 0 Å². The zero-order valence-electron chi connectivity index (χ0n) is 18.7. The fraction of sp³-hybridized carbons (Fsp3) is 0.520. The summed E-state index contributed by atoms with van der Waals surface area (Å²) in [5, 5.41) is 0. The highest BCUT2D eigenvalue weighted by atomic mass is 16.5. The molecular weight excluding hydrogens is 358 g/mol. The smallest absolute Gasteiger partial charge is 0.0908 e. The van der Waals surface area contributed by atoms with Crippen molar-refractivity contribution in [3.63, 3.8) is 0 Å². The summed E-state index contributed by atoms with van der Waals surface area (Å²) in [6.07, 6.45) is 0. The highest BCUT2D eigenvalue weighted by Gasteiger charge is 2.27. The van der Waals surface area contributed by atoms with Gasteiger partial charge in [-0.05, 0) is 80.1 Å². The standard InChI is InChI=1S/C25H35N3O/c1-18-19(2)21(4)23(22(5)20(18)3)16-28-17-27(24-8-6-7-9-25(24)28)11-10-26-12-14-29-15-13-26/h6-9H,10-17H2,1-5H3. The van der Waals surface area contributed by atoms with Crippen LogP contribution in [0.15, 0.2) is 24.3 Å². The molecule has 156 valence electrons. The van der Waals surface area contributed by atoms with Crippen LogP contribution >= 0.6 is 0 Å². The van der Waals surface area contributed by atoms with Crippen molar-refractivity contribution in [2.24, 2.45) is 0 Å². The van der Waals surface area contributed by atoms with E-state index in [4.69, 9.17) is 4.74 Å². The first-order valence-electron chi connectivity index (χ1n) is 10.9. The van der Waals surface area contributed by atoms with E-state index < -0.39 is 0 Å². The summed E-state index contributed by atoms with van der Waals surface area (Å²) >= 11 is 0. The molecule has 0 saturated carbocycles. The Balaban J connectivity index is 1.55. The quantitative estimate of drug-likeness (QED) is 0.752. The Morgan fingerprint density at radius 2 is 1.28 bits per heavy atom. The van der Waals surface area contributed by atoms with Gasteiger partial charge in [0.15, 0.2) is 0 Å². The molecule has 29 heavy (non-hydrogen) atoms.